The van der Waals surface area contributed by atoms with Crippen molar-refractivity contribution in [1.29, 1.82) is 0 Å². The first kappa shape index (κ1) is 11.7. The number of rotatable bonds is 2. The van der Waals surface area contributed by atoms with E-state index in [0.29, 0.717) is 0 Å². The number of ether oxygens (including phenoxy) is 1. The van der Waals surface area contributed by atoms with Crippen LogP contribution < -0.4 is 0 Å². The SMILES string of the molecule is CC(=O)/C=C(\O)C(=O)OC(C)(C)C. The predicted molar refractivity (Wildman–Crippen MR) is 47.2 cm³/mol. The maximum Gasteiger partial charge on any atom is 0.374 e. The van der Waals surface area contributed by atoms with Gasteiger partial charge in [-0.15, -0.1) is 0 Å². The van der Waals surface area contributed by atoms with Crippen molar-refractivity contribution in [2.24, 2.45) is 0 Å². The second-order valence-corrected chi connectivity index (χ2v) is 3.64. The molecule has 0 radical (unpaired) electrons. The molecule has 0 aromatic heterocycles. The molecule has 0 fully saturated rings. The third kappa shape index (κ3) is 5.90. The Morgan fingerprint density at radius 3 is 2.08 bits per heavy atom. The van der Waals surface area contributed by atoms with Crippen molar-refractivity contribution in [1.82, 2.24) is 0 Å². The summed E-state index contributed by atoms with van der Waals surface area (Å²) in [6, 6.07) is 0. The van der Waals surface area contributed by atoms with Gasteiger partial charge in [-0.05, 0) is 27.7 Å². The number of hydrogen-bond acceptors (Lipinski definition) is 4. The molecule has 0 amide bonds. The molecule has 0 unspecified atom stereocenters. The molecule has 1 N–H and O–H groups in total. The monoisotopic (exact) mass is 186 g/mol. The first-order chi connectivity index (χ1) is 5.72. The van der Waals surface area contributed by atoms with Gasteiger partial charge in [-0.2, -0.15) is 0 Å². The maximum atomic E-state index is 11.0. The quantitative estimate of drug-likeness (QED) is 0.402. The average Bonchev–Trinajstić information content (AvgIpc) is 1.81. The van der Waals surface area contributed by atoms with Crippen LogP contribution in [-0.2, 0) is 14.3 Å². The van der Waals surface area contributed by atoms with Gasteiger partial charge < -0.3 is 9.84 Å². The van der Waals surface area contributed by atoms with Crippen LogP contribution in [0.5, 0.6) is 0 Å². The van der Waals surface area contributed by atoms with E-state index >= 15 is 0 Å². The van der Waals surface area contributed by atoms with Gasteiger partial charge in [0.25, 0.3) is 0 Å². The van der Waals surface area contributed by atoms with Gasteiger partial charge in [0, 0.05) is 6.08 Å². The first-order valence-corrected chi connectivity index (χ1v) is 3.87. The van der Waals surface area contributed by atoms with E-state index in [1.54, 1.807) is 20.8 Å². The highest BCUT2D eigenvalue weighted by Gasteiger charge is 2.19. The molecular weight excluding hydrogens is 172 g/mol. The molecule has 0 bridgehead atoms. The fourth-order valence-corrected chi connectivity index (χ4v) is 0.582. The summed E-state index contributed by atoms with van der Waals surface area (Å²) in [5.74, 6) is -1.95. The molecular formula is C9H14O4. The predicted octanol–water partition coefficient (Wildman–Crippen LogP) is 1.36. The zero-order chi connectivity index (χ0) is 10.6. The van der Waals surface area contributed by atoms with Crippen LogP contribution in [0.3, 0.4) is 0 Å². The van der Waals surface area contributed by atoms with E-state index in [1.165, 1.54) is 6.92 Å². The van der Waals surface area contributed by atoms with Gasteiger partial charge in [0.15, 0.2) is 5.78 Å². The van der Waals surface area contributed by atoms with Gasteiger partial charge in [0.05, 0.1) is 0 Å². The number of ketones is 1. The van der Waals surface area contributed by atoms with Crippen molar-refractivity contribution in [3.8, 4) is 0 Å². The number of esters is 1. The zero-order valence-electron chi connectivity index (χ0n) is 8.25. The average molecular weight is 186 g/mol. The summed E-state index contributed by atoms with van der Waals surface area (Å²) in [4.78, 5) is 21.5. The molecule has 0 atom stereocenters. The fraction of sp³-hybridized carbons (Fsp3) is 0.556. The second kappa shape index (κ2) is 4.07. The summed E-state index contributed by atoms with van der Waals surface area (Å²) in [6.07, 6.45) is 0.827. The van der Waals surface area contributed by atoms with Crippen molar-refractivity contribution in [3.63, 3.8) is 0 Å². The summed E-state index contributed by atoms with van der Waals surface area (Å²) in [6.45, 7) is 6.25. The Bertz CT molecular complexity index is 245. The number of hydrogen-bond donors (Lipinski definition) is 1. The number of aliphatic hydroxyl groups excluding tert-OH is 1. The van der Waals surface area contributed by atoms with Crippen LogP contribution in [-0.4, -0.2) is 22.5 Å². The molecule has 0 spiro atoms. The minimum atomic E-state index is -0.886. The topological polar surface area (TPSA) is 63.6 Å². The van der Waals surface area contributed by atoms with Crippen molar-refractivity contribution in [2.45, 2.75) is 33.3 Å². The smallest absolute Gasteiger partial charge is 0.374 e. The van der Waals surface area contributed by atoms with Gasteiger partial charge in [0.2, 0.25) is 5.76 Å². The van der Waals surface area contributed by atoms with Crippen LogP contribution in [0.1, 0.15) is 27.7 Å². The van der Waals surface area contributed by atoms with Crippen molar-refractivity contribution < 1.29 is 19.4 Å². The van der Waals surface area contributed by atoms with Crippen molar-refractivity contribution in [2.75, 3.05) is 0 Å². The third-order valence-electron chi connectivity index (χ3n) is 0.948. The molecule has 0 rings (SSSR count). The molecule has 0 aliphatic carbocycles. The highest BCUT2D eigenvalue weighted by molar-refractivity contribution is 5.96. The molecule has 4 heteroatoms. The number of aliphatic hydroxyl groups is 1. The lowest BCUT2D eigenvalue weighted by molar-refractivity contribution is -0.153. The minimum absolute atomic E-state index is 0.400. The van der Waals surface area contributed by atoms with Gasteiger partial charge in [0.1, 0.15) is 5.60 Å². The molecule has 0 saturated carbocycles. The van der Waals surface area contributed by atoms with Crippen molar-refractivity contribution >= 4 is 11.8 Å². The van der Waals surface area contributed by atoms with Gasteiger partial charge in [-0.25, -0.2) is 4.79 Å². The summed E-state index contributed by atoms with van der Waals surface area (Å²) in [5, 5.41) is 9.02. The van der Waals surface area contributed by atoms with E-state index in [0.717, 1.165) is 6.08 Å². The molecule has 0 saturated heterocycles. The number of allylic oxidation sites excluding steroid dienone is 1. The minimum Gasteiger partial charge on any atom is -0.502 e. The molecule has 0 aromatic rings. The first-order valence-electron chi connectivity index (χ1n) is 3.87. The Labute approximate surface area is 77.2 Å². The van der Waals surface area contributed by atoms with E-state index in [-0.39, 0.29) is 0 Å². The van der Waals surface area contributed by atoms with Gasteiger partial charge in [-0.3, -0.25) is 4.79 Å². The van der Waals surface area contributed by atoms with Crippen molar-refractivity contribution in [3.05, 3.63) is 11.8 Å². The van der Waals surface area contributed by atoms with Crippen LogP contribution in [0.15, 0.2) is 11.8 Å². The fourth-order valence-electron chi connectivity index (χ4n) is 0.582. The maximum absolute atomic E-state index is 11.0. The second-order valence-electron chi connectivity index (χ2n) is 3.64. The Morgan fingerprint density at radius 2 is 1.77 bits per heavy atom. The molecule has 13 heavy (non-hydrogen) atoms. The number of carbonyl (C=O) groups excluding carboxylic acids is 2. The third-order valence-corrected chi connectivity index (χ3v) is 0.948. The van der Waals surface area contributed by atoms with E-state index in [1.807, 2.05) is 0 Å². The molecule has 0 heterocycles. The Balaban J connectivity index is 4.37. The summed E-state index contributed by atoms with van der Waals surface area (Å²) < 4.78 is 4.79. The van der Waals surface area contributed by atoms with Crippen LogP contribution in [0.25, 0.3) is 0 Å². The van der Waals surface area contributed by atoms with Crippen LogP contribution in [0.2, 0.25) is 0 Å². The highest BCUT2D eigenvalue weighted by atomic mass is 16.6. The van der Waals surface area contributed by atoms with Gasteiger partial charge >= 0.3 is 5.97 Å². The summed E-state index contributed by atoms with van der Waals surface area (Å²) in [5.41, 5.74) is -0.671. The molecule has 4 nitrogen and oxygen atoms in total. The lowest BCUT2D eigenvalue weighted by Crippen LogP contribution is -2.25. The summed E-state index contributed by atoms with van der Waals surface area (Å²) >= 11 is 0. The molecule has 0 aromatic carbocycles. The number of carbonyl (C=O) groups is 2. The van der Waals surface area contributed by atoms with Crippen LogP contribution in [0, 0.1) is 0 Å². The van der Waals surface area contributed by atoms with E-state index in [4.69, 9.17) is 9.84 Å². The van der Waals surface area contributed by atoms with E-state index < -0.39 is 23.1 Å². The van der Waals surface area contributed by atoms with Crippen LogP contribution >= 0.6 is 0 Å². The summed E-state index contributed by atoms with van der Waals surface area (Å²) in [7, 11) is 0. The largest absolute Gasteiger partial charge is 0.502 e. The lowest BCUT2D eigenvalue weighted by Gasteiger charge is -2.18. The Morgan fingerprint density at radius 1 is 1.31 bits per heavy atom. The zero-order valence-corrected chi connectivity index (χ0v) is 8.25. The van der Waals surface area contributed by atoms with Crippen LogP contribution in [0.4, 0.5) is 0 Å². The van der Waals surface area contributed by atoms with Gasteiger partial charge in [-0.1, -0.05) is 0 Å². The molecule has 74 valence electrons. The normalized spacial score (nSPS) is 12.5. The van der Waals surface area contributed by atoms with E-state index in [9.17, 15) is 9.59 Å². The molecule has 0 aliphatic heterocycles. The lowest BCUT2D eigenvalue weighted by atomic mass is 10.2. The Kier molecular flexibility index (Phi) is 3.66. The Hall–Kier alpha value is -1.32. The molecule has 0 aliphatic rings. The van der Waals surface area contributed by atoms with E-state index in [2.05, 4.69) is 0 Å². The standard InChI is InChI=1S/C9H14O4/c1-6(10)5-7(11)8(12)13-9(2,3)4/h5,11H,1-4H3/b7-5-. The highest BCUT2D eigenvalue weighted by Crippen LogP contribution is 2.09.